The predicted molar refractivity (Wildman–Crippen MR) is 72.6 cm³/mol. The molecule has 0 unspecified atom stereocenters. The molecule has 0 bridgehead atoms. The third-order valence-corrected chi connectivity index (χ3v) is 3.10. The van der Waals surface area contributed by atoms with Crippen molar-refractivity contribution in [3.05, 3.63) is 53.7 Å². The van der Waals surface area contributed by atoms with E-state index in [0.29, 0.717) is 0 Å². The standard InChI is InChI=1S/C14H11ClN2O/c1-18-13-6-7-14-10(8-13)9-16-17(14)12-4-2-11(15)3-5-12/h2-9H,1H3. The molecule has 0 saturated heterocycles. The van der Waals surface area contributed by atoms with Crippen molar-refractivity contribution in [2.24, 2.45) is 0 Å². The van der Waals surface area contributed by atoms with Gasteiger partial charge in [-0.2, -0.15) is 5.10 Å². The van der Waals surface area contributed by atoms with Crippen molar-refractivity contribution in [1.29, 1.82) is 0 Å². The molecule has 90 valence electrons. The molecule has 3 rings (SSSR count). The van der Waals surface area contributed by atoms with Crippen LogP contribution in [0.1, 0.15) is 0 Å². The molecular formula is C14H11ClN2O. The Labute approximate surface area is 110 Å². The summed E-state index contributed by atoms with van der Waals surface area (Å²) in [6.07, 6.45) is 1.83. The zero-order chi connectivity index (χ0) is 12.5. The minimum absolute atomic E-state index is 0.719. The fraction of sp³-hybridized carbons (Fsp3) is 0.0714. The molecule has 0 spiro atoms. The molecule has 18 heavy (non-hydrogen) atoms. The van der Waals surface area contributed by atoms with Gasteiger partial charge < -0.3 is 4.74 Å². The van der Waals surface area contributed by atoms with Crippen LogP contribution < -0.4 is 4.74 Å². The van der Waals surface area contributed by atoms with Crippen LogP contribution in [0.5, 0.6) is 5.75 Å². The van der Waals surface area contributed by atoms with Crippen LogP contribution in [0.25, 0.3) is 16.6 Å². The lowest BCUT2D eigenvalue weighted by Crippen LogP contribution is -1.95. The first kappa shape index (κ1) is 11.1. The molecule has 0 aliphatic carbocycles. The van der Waals surface area contributed by atoms with Crippen LogP contribution in [0.4, 0.5) is 0 Å². The lowest BCUT2D eigenvalue weighted by atomic mass is 10.2. The highest BCUT2D eigenvalue weighted by atomic mass is 35.5. The number of nitrogens with zero attached hydrogens (tertiary/aromatic N) is 2. The van der Waals surface area contributed by atoms with Crippen molar-refractivity contribution < 1.29 is 4.74 Å². The van der Waals surface area contributed by atoms with Gasteiger partial charge in [-0.15, -0.1) is 0 Å². The average molecular weight is 259 g/mol. The number of rotatable bonds is 2. The highest BCUT2D eigenvalue weighted by molar-refractivity contribution is 6.30. The lowest BCUT2D eigenvalue weighted by Gasteiger charge is -2.04. The zero-order valence-corrected chi connectivity index (χ0v) is 10.6. The molecule has 3 aromatic rings. The van der Waals surface area contributed by atoms with Crippen LogP contribution in [0.3, 0.4) is 0 Å². The number of benzene rings is 2. The van der Waals surface area contributed by atoms with E-state index in [2.05, 4.69) is 5.10 Å². The Hall–Kier alpha value is -2.00. The summed E-state index contributed by atoms with van der Waals surface area (Å²) >= 11 is 5.88. The minimum atomic E-state index is 0.719. The first-order valence-corrected chi connectivity index (χ1v) is 5.93. The van der Waals surface area contributed by atoms with Gasteiger partial charge in [-0.25, -0.2) is 4.68 Å². The number of fused-ring (bicyclic) bond motifs is 1. The Kier molecular flexibility index (Phi) is 2.68. The van der Waals surface area contributed by atoms with Crippen LogP contribution in [0, 0.1) is 0 Å². The van der Waals surface area contributed by atoms with Crippen molar-refractivity contribution in [3.63, 3.8) is 0 Å². The van der Waals surface area contributed by atoms with Gasteiger partial charge in [0.25, 0.3) is 0 Å². The average Bonchev–Trinajstić information content (AvgIpc) is 2.82. The molecular weight excluding hydrogens is 248 g/mol. The number of methoxy groups -OCH3 is 1. The van der Waals surface area contributed by atoms with Crippen molar-refractivity contribution in [1.82, 2.24) is 9.78 Å². The maximum absolute atomic E-state index is 5.88. The van der Waals surface area contributed by atoms with Gasteiger partial charge in [0, 0.05) is 10.4 Å². The van der Waals surface area contributed by atoms with E-state index in [9.17, 15) is 0 Å². The maximum Gasteiger partial charge on any atom is 0.119 e. The summed E-state index contributed by atoms with van der Waals surface area (Å²) in [5.74, 6) is 0.832. The monoisotopic (exact) mass is 258 g/mol. The van der Waals surface area contributed by atoms with Gasteiger partial charge in [0.15, 0.2) is 0 Å². The van der Waals surface area contributed by atoms with E-state index in [1.54, 1.807) is 7.11 Å². The summed E-state index contributed by atoms with van der Waals surface area (Å²) in [6.45, 7) is 0. The zero-order valence-electron chi connectivity index (χ0n) is 9.80. The molecule has 0 fully saturated rings. The largest absolute Gasteiger partial charge is 0.497 e. The summed E-state index contributed by atoms with van der Waals surface area (Å²) < 4.78 is 7.08. The summed E-state index contributed by atoms with van der Waals surface area (Å²) in [4.78, 5) is 0. The first-order valence-electron chi connectivity index (χ1n) is 5.55. The van der Waals surface area contributed by atoms with Gasteiger partial charge in [0.05, 0.1) is 24.5 Å². The van der Waals surface area contributed by atoms with Crippen molar-refractivity contribution in [3.8, 4) is 11.4 Å². The highest BCUT2D eigenvalue weighted by Crippen LogP contribution is 2.23. The van der Waals surface area contributed by atoms with Crippen molar-refractivity contribution in [2.45, 2.75) is 0 Å². The van der Waals surface area contributed by atoms with Crippen LogP contribution in [0.15, 0.2) is 48.7 Å². The molecule has 4 heteroatoms. The lowest BCUT2D eigenvalue weighted by molar-refractivity contribution is 0.415. The van der Waals surface area contributed by atoms with E-state index < -0.39 is 0 Å². The van der Waals surface area contributed by atoms with Crippen LogP contribution in [0.2, 0.25) is 5.02 Å². The molecule has 0 radical (unpaired) electrons. The number of ether oxygens (including phenoxy) is 1. The number of hydrogen-bond donors (Lipinski definition) is 0. The third-order valence-electron chi connectivity index (χ3n) is 2.85. The smallest absolute Gasteiger partial charge is 0.119 e. The maximum atomic E-state index is 5.88. The minimum Gasteiger partial charge on any atom is -0.497 e. The SMILES string of the molecule is COc1ccc2c(cnn2-c2ccc(Cl)cc2)c1. The van der Waals surface area contributed by atoms with Gasteiger partial charge in [0.1, 0.15) is 5.75 Å². The fourth-order valence-electron chi connectivity index (χ4n) is 1.93. The van der Waals surface area contributed by atoms with Gasteiger partial charge >= 0.3 is 0 Å². The van der Waals surface area contributed by atoms with Crippen LogP contribution >= 0.6 is 11.6 Å². The Bertz CT molecular complexity index is 689. The van der Waals surface area contributed by atoms with Crippen molar-refractivity contribution >= 4 is 22.5 Å². The normalized spacial score (nSPS) is 10.8. The van der Waals surface area contributed by atoms with Gasteiger partial charge in [-0.3, -0.25) is 0 Å². The molecule has 0 atom stereocenters. The number of hydrogen-bond acceptors (Lipinski definition) is 2. The molecule has 2 aromatic carbocycles. The second-order valence-corrected chi connectivity index (χ2v) is 4.39. The van der Waals surface area contributed by atoms with E-state index in [4.69, 9.17) is 16.3 Å². The molecule has 0 amide bonds. The molecule has 0 N–H and O–H groups in total. The Morgan fingerprint density at radius 2 is 1.89 bits per heavy atom. The molecule has 0 aliphatic heterocycles. The second-order valence-electron chi connectivity index (χ2n) is 3.96. The highest BCUT2D eigenvalue weighted by Gasteiger charge is 2.05. The predicted octanol–water partition coefficient (Wildman–Crippen LogP) is 3.69. The summed E-state index contributed by atoms with van der Waals surface area (Å²) in [6, 6.07) is 13.5. The summed E-state index contributed by atoms with van der Waals surface area (Å²) in [7, 11) is 1.66. The molecule has 1 heterocycles. The fourth-order valence-corrected chi connectivity index (χ4v) is 2.05. The van der Waals surface area contributed by atoms with E-state index in [0.717, 1.165) is 27.4 Å². The molecule has 0 aliphatic rings. The quantitative estimate of drug-likeness (QED) is 0.701. The topological polar surface area (TPSA) is 27.1 Å². The number of halogens is 1. The second kappa shape index (κ2) is 4.35. The van der Waals surface area contributed by atoms with E-state index in [1.165, 1.54) is 0 Å². The summed E-state index contributed by atoms with van der Waals surface area (Å²) in [5.41, 5.74) is 2.03. The Balaban J connectivity index is 2.15. The van der Waals surface area contributed by atoms with E-state index in [-0.39, 0.29) is 0 Å². The number of aromatic nitrogens is 2. The van der Waals surface area contributed by atoms with Crippen molar-refractivity contribution in [2.75, 3.05) is 7.11 Å². The van der Waals surface area contributed by atoms with E-state index in [1.807, 2.05) is 53.3 Å². The first-order chi connectivity index (χ1) is 8.78. The van der Waals surface area contributed by atoms with Gasteiger partial charge in [-0.05, 0) is 42.5 Å². The van der Waals surface area contributed by atoms with Crippen LogP contribution in [-0.2, 0) is 0 Å². The third kappa shape index (κ3) is 1.83. The molecule has 0 saturated carbocycles. The molecule has 3 nitrogen and oxygen atoms in total. The van der Waals surface area contributed by atoms with E-state index >= 15 is 0 Å². The Morgan fingerprint density at radius 1 is 1.11 bits per heavy atom. The van der Waals surface area contributed by atoms with Gasteiger partial charge in [0.2, 0.25) is 0 Å². The summed E-state index contributed by atoms with van der Waals surface area (Å²) in [5, 5.41) is 6.15. The Morgan fingerprint density at radius 3 is 2.61 bits per heavy atom. The van der Waals surface area contributed by atoms with Crippen LogP contribution in [-0.4, -0.2) is 16.9 Å². The van der Waals surface area contributed by atoms with Gasteiger partial charge in [-0.1, -0.05) is 11.6 Å². The molecule has 1 aromatic heterocycles.